The molecule has 0 aliphatic heterocycles. The van der Waals surface area contributed by atoms with Gasteiger partial charge in [0.2, 0.25) is 0 Å². The van der Waals surface area contributed by atoms with Crippen LogP contribution < -0.4 is 0 Å². The third kappa shape index (κ3) is 1.92. The molecule has 0 aliphatic rings. The van der Waals surface area contributed by atoms with Crippen LogP contribution in [0.15, 0.2) is 41.8 Å². The van der Waals surface area contributed by atoms with Crippen molar-refractivity contribution in [3.05, 3.63) is 46.8 Å². The Balaban J connectivity index is 2.38. The molecule has 0 atom stereocenters. The van der Waals surface area contributed by atoms with Crippen LogP contribution in [0.1, 0.15) is 0 Å². The minimum absolute atomic E-state index is 0.0922. The maximum atomic E-state index is 10.5. The number of rotatable bonds is 3. The largest absolute Gasteiger partial charge is 0.295 e. The van der Waals surface area contributed by atoms with Crippen LogP contribution in [0, 0.1) is 10.1 Å². The predicted octanol–water partition coefficient (Wildman–Crippen LogP) is 2.50. The zero-order valence-corrected chi connectivity index (χ0v) is 9.35. The van der Waals surface area contributed by atoms with Crippen molar-refractivity contribution in [3.8, 4) is 5.69 Å². The molecular formula is C10H9N3O2S. The zero-order chi connectivity index (χ0) is 11.5. The summed E-state index contributed by atoms with van der Waals surface area (Å²) in [5.41, 5.74) is 0.960. The van der Waals surface area contributed by atoms with Crippen LogP contribution in [0.4, 0.5) is 5.69 Å². The van der Waals surface area contributed by atoms with Crippen LogP contribution in [-0.2, 0) is 0 Å². The molecule has 1 aromatic carbocycles. The van der Waals surface area contributed by atoms with E-state index in [4.69, 9.17) is 0 Å². The van der Waals surface area contributed by atoms with Crippen LogP contribution in [0.5, 0.6) is 0 Å². The summed E-state index contributed by atoms with van der Waals surface area (Å²) < 4.78 is 1.88. The average molecular weight is 235 g/mol. The number of non-ortho nitro benzene ring substituents is 1. The molecule has 6 heteroatoms. The highest BCUT2D eigenvalue weighted by Gasteiger charge is 2.07. The summed E-state index contributed by atoms with van der Waals surface area (Å²) in [6.07, 6.45) is 5.46. The Bertz CT molecular complexity index is 507. The Hall–Kier alpha value is -1.82. The monoisotopic (exact) mass is 235 g/mol. The molecule has 5 nitrogen and oxygen atoms in total. The summed E-state index contributed by atoms with van der Waals surface area (Å²) in [7, 11) is 0. The lowest BCUT2D eigenvalue weighted by Gasteiger charge is -2.04. The molecule has 0 unspecified atom stereocenters. The number of hydrogen-bond acceptors (Lipinski definition) is 4. The molecule has 0 N–H and O–H groups in total. The van der Waals surface area contributed by atoms with E-state index in [1.807, 2.05) is 17.0 Å². The van der Waals surface area contributed by atoms with Gasteiger partial charge in [0.15, 0.2) is 5.16 Å². The van der Waals surface area contributed by atoms with Crippen molar-refractivity contribution < 1.29 is 4.92 Å². The Morgan fingerprint density at radius 2 is 2.06 bits per heavy atom. The Morgan fingerprint density at radius 3 is 2.62 bits per heavy atom. The van der Waals surface area contributed by atoms with Gasteiger partial charge in [-0.25, -0.2) is 4.98 Å². The predicted molar refractivity (Wildman–Crippen MR) is 62.0 cm³/mol. The van der Waals surface area contributed by atoms with E-state index in [9.17, 15) is 10.1 Å². The third-order valence-electron chi connectivity index (χ3n) is 2.13. The molecule has 16 heavy (non-hydrogen) atoms. The minimum atomic E-state index is -0.410. The summed E-state index contributed by atoms with van der Waals surface area (Å²) >= 11 is 1.53. The number of benzene rings is 1. The van der Waals surface area contributed by atoms with Crippen molar-refractivity contribution in [2.24, 2.45) is 0 Å². The fourth-order valence-corrected chi connectivity index (χ4v) is 1.90. The third-order valence-corrected chi connectivity index (χ3v) is 2.80. The first-order valence-electron chi connectivity index (χ1n) is 4.54. The number of nitro benzene ring substituents is 1. The van der Waals surface area contributed by atoms with Crippen LogP contribution in [-0.4, -0.2) is 20.7 Å². The van der Waals surface area contributed by atoms with Gasteiger partial charge < -0.3 is 0 Å². The number of aromatic nitrogens is 2. The highest BCUT2D eigenvalue weighted by Crippen LogP contribution is 2.20. The lowest BCUT2D eigenvalue weighted by Crippen LogP contribution is -1.95. The standard InChI is InChI=1S/C10H9N3O2S/c1-16-10-11-6-7-12(10)8-2-4-9(5-3-8)13(14)15/h2-7H,1H3. The van der Waals surface area contributed by atoms with E-state index in [0.717, 1.165) is 10.8 Å². The summed E-state index contributed by atoms with van der Waals surface area (Å²) in [6.45, 7) is 0. The second kappa shape index (κ2) is 4.36. The number of imidazole rings is 1. The van der Waals surface area contributed by atoms with Gasteiger partial charge in [-0.1, -0.05) is 11.8 Å². The molecule has 0 fully saturated rings. The van der Waals surface area contributed by atoms with Gasteiger partial charge in [-0.15, -0.1) is 0 Å². The Kier molecular flexibility index (Phi) is 2.91. The quantitative estimate of drug-likeness (QED) is 0.466. The Morgan fingerprint density at radius 1 is 1.38 bits per heavy atom. The first-order valence-corrected chi connectivity index (χ1v) is 5.77. The lowest BCUT2D eigenvalue weighted by atomic mass is 10.3. The molecule has 0 saturated heterocycles. The lowest BCUT2D eigenvalue weighted by molar-refractivity contribution is -0.384. The summed E-state index contributed by atoms with van der Waals surface area (Å²) in [5.74, 6) is 0. The van der Waals surface area contributed by atoms with Gasteiger partial charge in [-0.3, -0.25) is 14.7 Å². The van der Waals surface area contributed by atoms with Crippen molar-refractivity contribution in [2.75, 3.05) is 6.26 Å². The smallest absolute Gasteiger partial charge is 0.269 e. The molecule has 0 spiro atoms. The van der Waals surface area contributed by atoms with Crippen molar-refractivity contribution in [1.82, 2.24) is 9.55 Å². The average Bonchev–Trinajstić information content (AvgIpc) is 2.77. The zero-order valence-electron chi connectivity index (χ0n) is 8.53. The normalized spacial score (nSPS) is 10.3. The molecule has 1 aromatic heterocycles. The van der Waals surface area contributed by atoms with E-state index in [1.165, 1.54) is 23.9 Å². The summed E-state index contributed by atoms with van der Waals surface area (Å²) in [5, 5.41) is 11.4. The SMILES string of the molecule is CSc1nccn1-c1ccc([N+](=O)[O-])cc1. The van der Waals surface area contributed by atoms with Crippen LogP contribution in [0.25, 0.3) is 5.69 Å². The van der Waals surface area contributed by atoms with E-state index in [0.29, 0.717) is 0 Å². The summed E-state index contributed by atoms with van der Waals surface area (Å²) in [4.78, 5) is 14.3. The second-order valence-corrected chi connectivity index (χ2v) is 3.83. The first kappa shape index (κ1) is 10.7. The number of nitrogens with zero attached hydrogens (tertiary/aromatic N) is 3. The molecule has 2 aromatic rings. The molecule has 82 valence electrons. The molecule has 1 heterocycles. The van der Waals surface area contributed by atoms with Crippen molar-refractivity contribution in [3.63, 3.8) is 0 Å². The highest BCUT2D eigenvalue weighted by atomic mass is 32.2. The molecule has 0 saturated carbocycles. The first-order chi connectivity index (χ1) is 7.72. The molecule has 0 aliphatic carbocycles. The van der Waals surface area contributed by atoms with Crippen LogP contribution in [0.2, 0.25) is 0 Å². The number of nitro groups is 1. The van der Waals surface area contributed by atoms with E-state index >= 15 is 0 Å². The number of thioether (sulfide) groups is 1. The molecule has 0 bridgehead atoms. The maximum Gasteiger partial charge on any atom is 0.269 e. The fraction of sp³-hybridized carbons (Fsp3) is 0.100. The maximum absolute atomic E-state index is 10.5. The van der Waals surface area contributed by atoms with Gasteiger partial charge in [0.25, 0.3) is 5.69 Å². The van der Waals surface area contributed by atoms with E-state index < -0.39 is 4.92 Å². The van der Waals surface area contributed by atoms with Crippen LogP contribution in [0.3, 0.4) is 0 Å². The molecule has 0 radical (unpaired) electrons. The van der Waals surface area contributed by atoms with E-state index in [2.05, 4.69) is 4.98 Å². The molecule has 2 rings (SSSR count). The molecular weight excluding hydrogens is 226 g/mol. The van der Waals surface area contributed by atoms with Gasteiger partial charge in [0, 0.05) is 30.2 Å². The van der Waals surface area contributed by atoms with Crippen molar-refractivity contribution in [1.29, 1.82) is 0 Å². The van der Waals surface area contributed by atoms with Gasteiger partial charge >= 0.3 is 0 Å². The minimum Gasteiger partial charge on any atom is -0.295 e. The van der Waals surface area contributed by atoms with Gasteiger partial charge in [0.05, 0.1) is 4.92 Å². The molecule has 0 amide bonds. The van der Waals surface area contributed by atoms with E-state index in [-0.39, 0.29) is 5.69 Å². The van der Waals surface area contributed by atoms with Gasteiger partial charge in [0.1, 0.15) is 0 Å². The van der Waals surface area contributed by atoms with Gasteiger partial charge in [-0.05, 0) is 18.4 Å². The highest BCUT2D eigenvalue weighted by molar-refractivity contribution is 7.98. The van der Waals surface area contributed by atoms with Crippen molar-refractivity contribution >= 4 is 17.4 Å². The Labute approximate surface area is 96.3 Å². The van der Waals surface area contributed by atoms with E-state index in [1.54, 1.807) is 18.3 Å². The fourth-order valence-electron chi connectivity index (χ4n) is 1.37. The summed E-state index contributed by atoms with van der Waals surface area (Å²) in [6, 6.07) is 6.39. The van der Waals surface area contributed by atoms with Gasteiger partial charge in [-0.2, -0.15) is 0 Å². The van der Waals surface area contributed by atoms with Crippen LogP contribution >= 0.6 is 11.8 Å². The second-order valence-electron chi connectivity index (χ2n) is 3.06. The number of hydrogen-bond donors (Lipinski definition) is 0. The van der Waals surface area contributed by atoms with Crippen molar-refractivity contribution in [2.45, 2.75) is 5.16 Å². The topological polar surface area (TPSA) is 61.0 Å².